The number of unbranched alkanes of at least 4 members (excludes halogenated alkanes) is 35. The van der Waals surface area contributed by atoms with Gasteiger partial charge in [-0.2, -0.15) is 0 Å². The molecule has 0 aromatic rings. The van der Waals surface area contributed by atoms with Gasteiger partial charge in [-0.25, -0.2) is 4.57 Å². The van der Waals surface area contributed by atoms with E-state index in [1.165, 1.54) is 186 Å². The van der Waals surface area contributed by atoms with Gasteiger partial charge in [-0.3, -0.25) is 18.6 Å². The van der Waals surface area contributed by atoms with Crippen molar-refractivity contribution < 1.29 is 37.6 Å². The van der Waals surface area contributed by atoms with Crippen LogP contribution in [0.4, 0.5) is 0 Å². The zero-order valence-corrected chi connectivity index (χ0v) is 46.7. The Kier molecular flexibility index (Phi) is 54.6. The van der Waals surface area contributed by atoms with Crippen molar-refractivity contribution >= 4 is 19.8 Å². The van der Waals surface area contributed by atoms with Crippen molar-refractivity contribution in [2.24, 2.45) is 5.73 Å². The summed E-state index contributed by atoms with van der Waals surface area (Å²) in [6.45, 7) is 3.68. The third-order valence-corrected chi connectivity index (χ3v) is 13.9. The normalized spacial score (nSPS) is 13.4. The quantitative estimate of drug-likeness (QED) is 0.0264. The molecular weight excluding hydrogens is 894 g/mol. The average Bonchev–Trinajstić information content (AvgIpc) is 3.35. The number of ether oxygens (including phenoxy) is 2. The molecule has 0 radical (unpaired) electrons. The van der Waals surface area contributed by atoms with Crippen LogP contribution in [0.5, 0.6) is 0 Å². The Morgan fingerprint density at radius 3 is 1.17 bits per heavy atom. The molecule has 0 saturated heterocycles. The van der Waals surface area contributed by atoms with E-state index in [-0.39, 0.29) is 38.6 Å². The van der Waals surface area contributed by atoms with Crippen LogP contribution >= 0.6 is 7.82 Å². The summed E-state index contributed by atoms with van der Waals surface area (Å²) in [5, 5.41) is 0. The summed E-state index contributed by atoms with van der Waals surface area (Å²) >= 11 is 0. The first-order chi connectivity index (χ1) is 34.3. The topological polar surface area (TPSA) is 134 Å². The van der Waals surface area contributed by atoms with E-state index in [1.807, 2.05) is 0 Å². The molecule has 0 saturated carbocycles. The molecule has 0 aromatic heterocycles. The molecule has 0 fully saturated rings. The van der Waals surface area contributed by atoms with Gasteiger partial charge in [-0.15, -0.1) is 0 Å². The largest absolute Gasteiger partial charge is 0.472 e. The van der Waals surface area contributed by atoms with Crippen molar-refractivity contribution in [3.8, 4) is 0 Å². The molecule has 9 nitrogen and oxygen atoms in total. The van der Waals surface area contributed by atoms with Crippen LogP contribution in [0.1, 0.15) is 290 Å². The van der Waals surface area contributed by atoms with Gasteiger partial charge in [0.15, 0.2) is 6.10 Å². The third kappa shape index (κ3) is 55.3. The predicted molar refractivity (Wildman–Crippen MR) is 298 cm³/mol. The van der Waals surface area contributed by atoms with Gasteiger partial charge in [-0.05, 0) is 70.6 Å². The minimum atomic E-state index is -4.38. The SMILES string of the molecule is CCC/C=C\CCCCCCCC(=O)OCC(COP(=O)(O)OCCN)OC(=O)CCCCCCCCCCCCCCCCCCCCCCCCCC/C=C\C/C=C\C/C=C\CCCCCCC. The Balaban J connectivity index is 3.71. The average molecular weight is 1010 g/mol. The van der Waals surface area contributed by atoms with E-state index in [1.54, 1.807) is 0 Å². The van der Waals surface area contributed by atoms with Crippen molar-refractivity contribution in [1.29, 1.82) is 0 Å². The Labute approximate surface area is 432 Å². The summed E-state index contributed by atoms with van der Waals surface area (Å²) in [5.74, 6) is -0.831. The lowest BCUT2D eigenvalue weighted by Crippen LogP contribution is -2.29. The summed E-state index contributed by atoms with van der Waals surface area (Å²) in [4.78, 5) is 35.0. The number of nitrogens with two attached hydrogens (primary N) is 1. The Morgan fingerprint density at radius 2 is 0.771 bits per heavy atom. The van der Waals surface area contributed by atoms with Crippen molar-refractivity contribution in [3.63, 3.8) is 0 Å². The number of phosphoric acid groups is 1. The van der Waals surface area contributed by atoms with Gasteiger partial charge >= 0.3 is 19.8 Å². The number of phosphoric ester groups is 1. The van der Waals surface area contributed by atoms with E-state index in [0.717, 1.165) is 70.6 Å². The smallest absolute Gasteiger partial charge is 0.462 e. The molecule has 410 valence electrons. The monoisotopic (exact) mass is 1010 g/mol. The lowest BCUT2D eigenvalue weighted by Gasteiger charge is -2.19. The van der Waals surface area contributed by atoms with Gasteiger partial charge < -0.3 is 20.1 Å². The Hall–Kier alpha value is -2.03. The molecule has 0 aliphatic carbocycles. The molecule has 0 aliphatic rings. The molecule has 0 heterocycles. The lowest BCUT2D eigenvalue weighted by atomic mass is 10.0. The highest BCUT2D eigenvalue weighted by Crippen LogP contribution is 2.43. The van der Waals surface area contributed by atoms with Crippen LogP contribution in [-0.2, 0) is 32.7 Å². The summed E-state index contributed by atoms with van der Waals surface area (Å²) in [7, 11) is -4.38. The lowest BCUT2D eigenvalue weighted by molar-refractivity contribution is -0.161. The molecule has 0 rings (SSSR count). The van der Waals surface area contributed by atoms with E-state index >= 15 is 0 Å². The van der Waals surface area contributed by atoms with Crippen LogP contribution < -0.4 is 5.73 Å². The summed E-state index contributed by atoms with van der Waals surface area (Å²) < 4.78 is 32.9. The molecule has 0 aromatic carbocycles. The van der Waals surface area contributed by atoms with E-state index in [2.05, 4.69) is 62.5 Å². The standard InChI is InChI=1S/C60H112NO8P/c1-3-5-7-9-11-13-15-16-17-18-19-20-21-22-23-24-25-26-27-28-29-30-31-32-33-34-35-36-37-38-39-40-41-42-43-45-47-49-51-53-60(63)69-58(57-68-70(64,65)67-55-54-61)56-66-59(62)52-50-48-46-44-14-12-10-8-6-4-2/h8,10,15-16,18-19,21-22,58H,3-7,9,11-14,17,20,23-57,61H2,1-2H3,(H,64,65)/b10-8-,16-15-,19-18-,22-21-. The fourth-order valence-electron chi connectivity index (χ4n) is 8.53. The van der Waals surface area contributed by atoms with Gasteiger partial charge in [0, 0.05) is 19.4 Å². The molecule has 0 amide bonds. The van der Waals surface area contributed by atoms with Crippen LogP contribution in [0.3, 0.4) is 0 Å². The van der Waals surface area contributed by atoms with Crippen molar-refractivity contribution in [1.82, 2.24) is 0 Å². The molecule has 2 unspecified atom stereocenters. The summed E-state index contributed by atoms with van der Waals surface area (Å²) in [5.41, 5.74) is 5.36. The van der Waals surface area contributed by atoms with Gasteiger partial charge in [0.25, 0.3) is 0 Å². The first-order valence-electron chi connectivity index (χ1n) is 29.6. The number of esters is 2. The molecule has 0 spiro atoms. The maximum Gasteiger partial charge on any atom is 0.472 e. The highest BCUT2D eigenvalue weighted by atomic mass is 31.2. The van der Waals surface area contributed by atoms with Gasteiger partial charge in [-0.1, -0.05) is 255 Å². The second-order valence-corrected chi connectivity index (χ2v) is 21.3. The minimum absolute atomic E-state index is 0.0534. The van der Waals surface area contributed by atoms with Crippen LogP contribution in [0, 0.1) is 0 Å². The molecule has 0 aliphatic heterocycles. The number of rotatable bonds is 56. The second kappa shape index (κ2) is 56.3. The highest BCUT2D eigenvalue weighted by molar-refractivity contribution is 7.47. The second-order valence-electron chi connectivity index (χ2n) is 19.9. The first kappa shape index (κ1) is 68.0. The third-order valence-electron chi connectivity index (χ3n) is 12.9. The maximum absolute atomic E-state index is 12.7. The minimum Gasteiger partial charge on any atom is -0.462 e. The maximum atomic E-state index is 12.7. The number of hydrogen-bond acceptors (Lipinski definition) is 8. The van der Waals surface area contributed by atoms with E-state index in [9.17, 15) is 19.0 Å². The van der Waals surface area contributed by atoms with Crippen molar-refractivity contribution in [3.05, 3.63) is 48.6 Å². The number of allylic oxidation sites excluding steroid dienone is 8. The fraction of sp³-hybridized carbons (Fsp3) is 0.833. The van der Waals surface area contributed by atoms with E-state index in [0.29, 0.717) is 6.42 Å². The van der Waals surface area contributed by atoms with Crippen molar-refractivity contribution in [2.45, 2.75) is 296 Å². The number of carbonyl (C=O) groups is 2. The first-order valence-corrected chi connectivity index (χ1v) is 31.1. The van der Waals surface area contributed by atoms with Crippen molar-refractivity contribution in [2.75, 3.05) is 26.4 Å². The number of hydrogen-bond donors (Lipinski definition) is 2. The van der Waals surface area contributed by atoms with E-state index in [4.69, 9.17) is 24.3 Å². The van der Waals surface area contributed by atoms with Gasteiger partial charge in [0.1, 0.15) is 6.61 Å². The van der Waals surface area contributed by atoms with Crippen LogP contribution in [-0.4, -0.2) is 49.3 Å². The van der Waals surface area contributed by atoms with Crippen LogP contribution in [0.15, 0.2) is 48.6 Å². The molecule has 70 heavy (non-hydrogen) atoms. The molecule has 10 heteroatoms. The van der Waals surface area contributed by atoms with Crippen LogP contribution in [0.2, 0.25) is 0 Å². The highest BCUT2D eigenvalue weighted by Gasteiger charge is 2.26. The Bertz CT molecular complexity index is 1280. The predicted octanol–water partition coefficient (Wildman–Crippen LogP) is 18.6. The Morgan fingerprint density at radius 1 is 0.429 bits per heavy atom. The van der Waals surface area contributed by atoms with Gasteiger partial charge in [0.2, 0.25) is 0 Å². The number of carbonyl (C=O) groups excluding carboxylic acids is 2. The summed E-state index contributed by atoms with van der Waals surface area (Å²) in [6.07, 6.45) is 69.3. The zero-order valence-electron chi connectivity index (χ0n) is 45.8. The fourth-order valence-corrected chi connectivity index (χ4v) is 9.30. The van der Waals surface area contributed by atoms with Gasteiger partial charge in [0.05, 0.1) is 13.2 Å². The molecule has 0 bridgehead atoms. The van der Waals surface area contributed by atoms with Crippen LogP contribution in [0.25, 0.3) is 0 Å². The molecule has 3 N–H and O–H groups in total. The molecule has 2 atom stereocenters. The molecular formula is C60H112NO8P. The van der Waals surface area contributed by atoms with E-state index < -0.39 is 26.5 Å². The summed E-state index contributed by atoms with van der Waals surface area (Å²) in [6, 6.07) is 0. The zero-order chi connectivity index (χ0) is 51.0.